The monoisotopic (exact) mass is 656 g/mol. The molecule has 0 radical (unpaired) electrons. The number of aromatic nitrogens is 2. The van der Waals surface area contributed by atoms with Crippen molar-refractivity contribution >= 4 is 53.6 Å². The van der Waals surface area contributed by atoms with Crippen molar-refractivity contribution in [1.29, 1.82) is 0 Å². The number of nitrogens with zero attached hydrogens (tertiary/aromatic N) is 2. The van der Waals surface area contributed by atoms with Gasteiger partial charge in [0.05, 0.1) is 0 Å². The summed E-state index contributed by atoms with van der Waals surface area (Å²) in [5.41, 5.74) is 13.8. The van der Waals surface area contributed by atoms with Gasteiger partial charge in [-0.1, -0.05) is 140 Å². The topological polar surface area (TPSA) is 38.9 Å². The number of thiophene rings is 1. The summed E-state index contributed by atoms with van der Waals surface area (Å²) in [7, 11) is 0. The van der Waals surface area contributed by atoms with E-state index in [2.05, 4.69) is 149 Å². The van der Waals surface area contributed by atoms with E-state index in [1.807, 2.05) is 35.6 Å². The summed E-state index contributed by atoms with van der Waals surface area (Å²) < 4.78 is 8.88. The van der Waals surface area contributed by atoms with E-state index < -0.39 is 0 Å². The summed E-state index contributed by atoms with van der Waals surface area (Å²) in [4.78, 5) is 9.23. The maximum absolute atomic E-state index is 6.26. The zero-order chi connectivity index (χ0) is 33.0. The van der Waals surface area contributed by atoms with Gasteiger partial charge in [-0.05, 0) is 68.8 Å². The van der Waals surface area contributed by atoms with Crippen LogP contribution in [0, 0.1) is 0 Å². The number of para-hydroxylation sites is 1. The van der Waals surface area contributed by atoms with Gasteiger partial charge in [0.25, 0.3) is 0 Å². The van der Waals surface area contributed by atoms with Crippen molar-refractivity contribution in [3.05, 3.63) is 170 Å². The normalized spacial score (nSPS) is 11.6. The molecular weight excluding hydrogens is 629 g/mol. The van der Waals surface area contributed by atoms with E-state index >= 15 is 0 Å². The van der Waals surface area contributed by atoms with E-state index in [-0.39, 0.29) is 0 Å². The van der Waals surface area contributed by atoms with E-state index in [9.17, 15) is 0 Å². The molecule has 0 saturated carbocycles. The summed E-state index contributed by atoms with van der Waals surface area (Å²) in [5, 5.41) is 3.58. The standard InChI is InChI=1S/C46H28N2OS/c1-2-10-29(11-3-1)30-22-24-31(25-23-30)36-17-8-19-38-39-20-9-18-37(46(39)50-45(36)38)34-14-6-12-32(26-34)33-13-7-15-35(27-33)42-44-43(48-28-47-42)40-16-4-5-21-41(40)49-44/h1-28H. The molecule has 0 aliphatic carbocycles. The van der Waals surface area contributed by atoms with E-state index in [1.54, 1.807) is 6.33 Å². The Bertz CT molecular complexity index is 2870. The summed E-state index contributed by atoms with van der Waals surface area (Å²) in [6.45, 7) is 0. The van der Waals surface area contributed by atoms with Crippen LogP contribution in [0.1, 0.15) is 0 Å². The molecule has 0 unspecified atom stereocenters. The molecule has 0 saturated heterocycles. The first-order chi connectivity index (χ1) is 24.8. The molecule has 50 heavy (non-hydrogen) atoms. The average Bonchev–Trinajstić information content (AvgIpc) is 3.77. The van der Waals surface area contributed by atoms with E-state index in [0.29, 0.717) is 5.58 Å². The summed E-state index contributed by atoms with van der Waals surface area (Å²) >= 11 is 1.88. The molecule has 3 aromatic heterocycles. The SMILES string of the molecule is c1ccc(-c2ccc(-c3cccc4c3sc3c(-c5cccc(-c6cccc(-c7ncnc8c7oc7ccccc78)c6)c5)cccc34)cc2)cc1. The Balaban J connectivity index is 1.04. The van der Waals surface area contributed by atoms with Crippen LogP contribution in [-0.4, -0.2) is 9.97 Å². The molecule has 0 aliphatic heterocycles. The van der Waals surface area contributed by atoms with Crippen LogP contribution in [0.2, 0.25) is 0 Å². The molecule has 10 aromatic rings. The fraction of sp³-hybridized carbons (Fsp3) is 0. The Morgan fingerprint density at radius 2 is 0.940 bits per heavy atom. The number of rotatable bonds is 5. The van der Waals surface area contributed by atoms with Crippen LogP contribution in [0.15, 0.2) is 175 Å². The Morgan fingerprint density at radius 1 is 0.400 bits per heavy atom. The lowest BCUT2D eigenvalue weighted by Crippen LogP contribution is -1.88. The van der Waals surface area contributed by atoms with E-state index in [4.69, 9.17) is 4.42 Å². The van der Waals surface area contributed by atoms with E-state index in [1.165, 1.54) is 53.6 Å². The molecule has 0 bridgehead atoms. The van der Waals surface area contributed by atoms with Gasteiger partial charge in [-0.3, -0.25) is 0 Å². The van der Waals surface area contributed by atoms with Gasteiger partial charge >= 0.3 is 0 Å². The smallest absolute Gasteiger partial charge is 0.180 e. The zero-order valence-electron chi connectivity index (χ0n) is 26.9. The first kappa shape index (κ1) is 28.6. The fourth-order valence-corrected chi connectivity index (χ4v) is 8.56. The molecule has 234 valence electrons. The van der Waals surface area contributed by atoms with Crippen molar-refractivity contribution in [3.63, 3.8) is 0 Å². The predicted octanol–water partition coefficient (Wildman–Crippen LogP) is 13.1. The van der Waals surface area contributed by atoms with Gasteiger partial charge in [-0.25, -0.2) is 9.97 Å². The molecule has 3 nitrogen and oxygen atoms in total. The molecule has 0 fully saturated rings. The summed E-state index contributed by atoms with van der Waals surface area (Å²) in [5.74, 6) is 0. The number of furan rings is 1. The molecule has 3 heterocycles. The molecule has 0 N–H and O–H groups in total. The Morgan fingerprint density at radius 3 is 1.70 bits per heavy atom. The number of hydrogen-bond donors (Lipinski definition) is 0. The van der Waals surface area contributed by atoms with Crippen molar-refractivity contribution < 1.29 is 4.42 Å². The lowest BCUT2D eigenvalue weighted by atomic mass is 9.96. The van der Waals surface area contributed by atoms with E-state index in [0.717, 1.165) is 38.9 Å². The quantitative estimate of drug-likeness (QED) is 0.185. The average molecular weight is 657 g/mol. The van der Waals surface area contributed by atoms with Gasteiger partial charge in [0.1, 0.15) is 23.1 Å². The third kappa shape index (κ3) is 4.73. The first-order valence-electron chi connectivity index (χ1n) is 16.7. The van der Waals surface area contributed by atoms with Gasteiger partial charge in [-0.15, -0.1) is 11.3 Å². The van der Waals surface area contributed by atoms with Crippen LogP contribution in [0.25, 0.3) is 98.0 Å². The fourth-order valence-electron chi connectivity index (χ4n) is 7.19. The summed E-state index contributed by atoms with van der Waals surface area (Å²) in [6, 6.07) is 58.3. The molecule has 0 spiro atoms. The lowest BCUT2D eigenvalue weighted by molar-refractivity contribution is 0.667. The highest BCUT2D eigenvalue weighted by molar-refractivity contribution is 7.26. The second-order valence-electron chi connectivity index (χ2n) is 12.6. The molecule has 0 atom stereocenters. The zero-order valence-corrected chi connectivity index (χ0v) is 27.7. The molecule has 10 rings (SSSR count). The van der Waals surface area contributed by atoms with Gasteiger partial charge in [-0.2, -0.15) is 0 Å². The van der Waals surface area contributed by atoms with Crippen molar-refractivity contribution in [1.82, 2.24) is 9.97 Å². The van der Waals surface area contributed by atoms with Crippen LogP contribution in [0.4, 0.5) is 0 Å². The summed E-state index contributed by atoms with van der Waals surface area (Å²) in [6.07, 6.45) is 1.63. The maximum Gasteiger partial charge on any atom is 0.180 e. The van der Waals surface area contributed by atoms with Crippen LogP contribution < -0.4 is 0 Å². The highest BCUT2D eigenvalue weighted by Crippen LogP contribution is 2.44. The number of fused-ring (bicyclic) bond motifs is 6. The van der Waals surface area contributed by atoms with Crippen LogP contribution in [0.3, 0.4) is 0 Å². The predicted molar refractivity (Wildman–Crippen MR) is 209 cm³/mol. The minimum Gasteiger partial charge on any atom is -0.452 e. The van der Waals surface area contributed by atoms with Crippen molar-refractivity contribution in [3.8, 4) is 55.8 Å². The second kappa shape index (κ2) is 11.7. The van der Waals surface area contributed by atoms with Crippen molar-refractivity contribution in [2.45, 2.75) is 0 Å². The second-order valence-corrected chi connectivity index (χ2v) is 13.6. The molecule has 0 amide bonds. The molecule has 7 aromatic carbocycles. The Labute approximate surface area is 292 Å². The number of benzene rings is 7. The minimum atomic E-state index is 0.711. The van der Waals surface area contributed by atoms with Crippen molar-refractivity contribution in [2.75, 3.05) is 0 Å². The van der Waals surface area contributed by atoms with Crippen molar-refractivity contribution in [2.24, 2.45) is 0 Å². The van der Waals surface area contributed by atoms with Crippen LogP contribution in [0.5, 0.6) is 0 Å². The van der Waals surface area contributed by atoms with Gasteiger partial charge in [0, 0.05) is 31.1 Å². The van der Waals surface area contributed by atoms with Gasteiger partial charge < -0.3 is 4.42 Å². The largest absolute Gasteiger partial charge is 0.452 e. The highest BCUT2D eigenvalue weighted by atomic mass is 32.1. The number of hydrogen-bond acceptors (Lipinski definition) is 4. The molecular formula is C46H28N2OS. The Kier molecular flexibility index (Phi) is 6.68. The molecule has 0 aliphatic rings. The van der Waals surface area contributed by atoms with Gasteiger partial charge in [0.15, 0.2) is 5.58 Å². The van der Waals surface area contributed by atoms with Crippen LogP contribution in [-0.2, 0) is 0 Å². The third-order valence-electron chi connectivity index (χ3n) is 9.63. The first-order valence-corrected chi connectivity index (χ1v) is 17.5. The Hall–Kier alpha value is -6.36. The lowest BCUT2D eigenvalue weighted by Gasteiger charge is -2.09. The minimum absolute atomic E-state index is 0.711. The maximum atomic E-state index is 6.26. The van der Waals surface area contributed by atoms with Gasteiger partial charge in [0.2, 0.25) is 0 Å². The van der Waals surface area contributed by atoms with Crippen LogP contribution >= 0.6 is 11.3 Å². The molecule has 4 heteroatoms. The highest BCUT2D eigenvalue weighted by Gasteiger charge is 2.17. The third-order valence-corrected chi connectivity index (χ3v) is 10.9.